The Balaban J connectivity index is 1.61. The summed E-state index contributed by atoms with van der Waals surface area (Å²) in [6.45, 7) is 3.26. The minimum atomic E-state index is -0.983. The largest absolute Gasteiger partial charge is 0.386 e. The van der Waals surface area contributed by atoms with E-state index in [1.54, 1.807) is 12.4 Å². The number of nitrogens with one attached hydrogen (secondary N) is 1. The van der Waals surface area contributed by atoms with E-state index in [1.807, 2.05) is 30.0 Å². The first kappa shape index (κ1) is 16.3. The Labute approximate surface area is 140 Å². The molecule has 1 fully saturated rings. The van der Waals surface area contributed by atoms with Crippen molar-refractivity contribution in [3.8, 4) is 0 Å². The van der Waals surface area contributed by atoms with E-state index in [1.165, 1.54) is 6.20 Å². The molecule has 126 valence electrons. The first-order chi connectivity index (χ1) is 11.6. The van der Waals surface area contributed by atoms with Crippen LogP contribution in [0.15, 0.2) is 36.8 Å². The number of aryl methyl sites for hydroxylation is 1. The Kier molecular flexibility index (Phi) is 4.71. The number of pyridine rings is 1. The second kappa shape index (κ2) is 6.92. The molecule has 0 radical (unpaired) electrons. The Bertz CT molecular complexity index is 692. The van der Waals surface area contributed by atoms with Crippen LogP contribution in [0.2, 0.25) is 0 Å². The van der Waals surface area contributed by atoms with Crippen LogP contribution >= 0.6 is 0 Å². The molecule has 0 aromatic carbocycles. The molecule has 3 rings (SSSR count). The van der Waals surface area contributed by atoms with E-state index >= 15 is 0 Å². The van der Waals surface area contributed by atoms with Gasteiger partial charge in [0.2, 0.25) is 0 Å². The minimum absolute atomic E-state index is 0.171. The molecule has 0 bridgehead atoms. The van der Waals surface area contributed by atoms with Gasteiger partial charge in [-0.25, -0.2) is 9.97 Å². The molecule has 2 aromatic heterocycles. The summed E-state index contributed by atoms with van der Waals surface area (Å²) in [5, 5.41) is 13.6. The van der Waals surface area contributed by atoms with Gasteiger partial charge in [-0.1, -0.05) is 6.07 Å². The highest BCUT2D eigenvalue weighted by Crippen LogP contribution is 2.24. The predicted molar refractivity (Wildman–Crippen MR) is 89.7 cm³/mol. The third-order valence-electron chi connectivity index (χ3n) is 4.12. The van der Waals surface area contributed by atoms with Gasteiger partial charge >= 0.3 is 0 Å². The Morgan fingerprint density at radius 2 is 2.21 bits per heavy atom. The fourth-order valence-electron chi connectivity index (χ4n) is 2.84. The highest BCUT2D eigenvalue weighted by Gasteiger charge is 2.34. The second-order valence-electron chi connectivity index (χ2n) is 6.16. The van der Waals surface area contributed by atoms with E-state index in [9.17, 15) is 9.90 Å². The van der Waals surface area contributed by atoms with Crippen LogP contribution in [0.25, 0.3) is 0 Å². The van der Waals surface area contributed by atoms with Crippen molar-refractivity contribution in [2.75, 3.05) is 24.5 Å². The number of hydrogen-bond donors (Lipinski definition) is 2. The van der Waals surface area contributed by atoms with Crippen molar-refractivity contribution in [3.63, 3.8) is 0 Å². The molecule has 7 heteroatoms. The summed E-state index contributed by atoms with van der Waals surface area (Å²) < 4.78 is 0. The zero-order chi connectivity index (χ0) is 17.0. The molecule has 7 nitrogen and oxygen atoms in total. The third kappa shape index (κ3) is 3.86. The number of nitrogens with zero attached hydrogens (tertiary/aromatic N) is 4. The van der Waals surface area contributed by atoms with Crippen molar-refractivity contribution in [1.82, 2.24) is 20.3 Å². The summed E-state index contributed by atoms with van der Waals surface area (Å²) in [6, 6.07) is 5.71. The summed E-state index contributed by atoms with van der Waals surface area (Å²) in [5.74, 6) is 0.511. The van der Waals surface area contributed by atoms with Gasteiger partial charge in [-0.2, -0.15) is 0 Å². The summed E-state index contributed by atoms with van der Waals surface area (Å²) in [6.07, 6.45) is 6.20. The molecule has 3 heterocycles. The van der Waals surface area contributed by atoms with Gasteiger partial charge in [0.15, 0.2) is 0 Å². The average molecular weight is 327 g/mol. The zero-order valence-electron chi connectivity index (χ0n) is 13.6. The van der Waals surface area contributed by atoms with E-state index < -0.39 is 5.60 Å². The number of rotatable bonds is 4. The number of amides is 1. The molecule has 0 unspecified atom stereocenters. The summed E-state index contributed by atoms with van der Waals surface area (Å²) in [7, 11) is 0. The average Bonchev–Trinajstić information content (AvgIpc) is 2.61. The van der Waals surface area contributed by atoms with Gasteiger partial charge in [-0.3, -0.25) is 9.78 Å². The first-order valence-corrected chi connectivity index (χ1v) is 8.01. The number of piperidine rings is 1. The van der Waals surface area contributed by atoms with Gasteiger partial charge in [0.05, 0.1) is 17.5 Å². The minimum Gasteiger partial charge on any atom is -0.386 e. The number of aromatic nitrogens is 3. The van der Waals surface area contributed by atoms with Crippen LogP contribution in [0.4, 0.5) is 5.82 Å². The molecular formula is C17H21N5O2. The molecule has 1 atom stereocenters. The van der Waals surface area contributed by atoms with E-state index in [2.05, 4.69) is 20.3 Å². The molecule has 0 aliphatic carbocycles. The molecule has 1 amide bonds. The lowest BCUT2D eigenvalue weighted by Crippen LogP contribution is -2.54. The van der Waals surface area contributed by atoms with Crippen LogP contribution in [0, 0.1) is 6.92 Å². The highest BCUT2D eigenvalue weighted by molar-refractivity contribution is 5.91. The number of hydrogen-bond acceptors (Lipinski definition) is 6. The van der Waals surface area contributed by atoms with Crippen LogP contribution in [-0.4, -0.2) is 51.2 Å². The lowest BCUT2D eigenvalue weighted by Gasteiger charge is -2.39. The van der Waals surface area contributed by atoms with Crippen molar-refractivity contribution >= 4 is 11.7 Å². The van der Waals surface area contributed by atoms with Crippen LogP contribution in [0.3, 0.4) is 0 Å². The lowest BCUT2D eigenvalue weighted by molar-refractivity contribution is 0.0253. The fraction of sp³-hybridized carbons (Fsp3) is 0.412. The molecule has 0 spiro atoms. The van der Waals surface area contributed by atoms with E-state index in [0.29, 0.717) is 13.0 Å². The molecule has 24 heavy (non-hydrogen) atoms. The molecular weight excluding hydrogens is 306 g/mol. The van der Waals surface area contributed by atoms with E-state index in [-0.39, 0.29) is 18.1 Å². The van der Waals surface area contributed by atoms with Gasteiger partial charge < -0.3 is 15.3 Å². The maximum atomic E-state index is 12.1. The quantitative estimate of drug-likeness (QED) is 0.868. The SMILES string of the molecule is Cc1cnc(C(=O)NC[C@@]2(O)CCCN(c3ccccn3)C2)cn1. The summed E-state index contributed by atoms with van der Waals surface area (Å²) in [5.41, 5.74) is 0.0221. The molecule has 2 aromatic rings. The van der Waals surface area contributed by atoms with Gasteiger partial charge in [-0.05, 0) is 31.9 Å². The van der Waals surface area contributed by atoms with Crippen LogP contribution in [-0.2, 0) is 0 Å². The highest BCUT2D eigenvalue weighted by atomic mass is 16.3. The number of anilines is 1. The zero-order valence-corrected chi connectivity index (χ0v) is 13.6. The Morgan fingerprint density at radius 1 is 1.33 bits per heavy atom. The summed E-state index contributed by atoms with van der Waals surface area (Å²) >= 11 is 0. The Morgan fingerprint density at radius 3 is 2.92 bits per heavy atom. The van der Waals surface area contributed by atoms with Crippen molar-refractivity contribution in [2.45, 2.75) is 25.4 Å². The first-order valence-electron chi connectivity index (χ1n) is 8.01. The predicted octanol–water partition coefficient (Wildman–Crippen LogP) is 0.941. The van der Waals surface area contributed by atoms with Crippen molar-refractivity contribution in [1.29, 1.82) is 0 Å². The summed E-state index contributed by atoms with van der Waals surface area (Å²) in [4.78, 5) is 26.6. The van der Waals surface area contributed by atoms with E-state index in [0.717, 1.165) is 24.5 Å². The van der Waals surface area contributed by atoms with Crippen LogP contribution in [0.1, 0.15) is 29.0 Å². The maximum Gasteiger partial charge on any atom is 0.271 e. The van der Waals surface area contributed by atoms with Gasteiger partial charge in [0, 0.05) is 32.0 Å². The van der Waals surface area contributed by atoms with E-state index in [4.69, 9.17) is 0 Å². The number of carbonyl (C=O) groups is 1. The van der Waals surface area contributed by atoms with Crippen LogP contribution < -0.4 is 10.2 Å². The standard InChI is InChI=1S/C17H21N5O2/c1-13-9-20-14(10-19-13)16(23)21-11-17(24)6-4-8-22(12-17)15-5-2-3-7-18-15/h2-3,5,7,9-10,24H,4,6,8,11-12H2,1H3,(H,21,23)/t17-/m0/s1. The monoisotopic (exact) mass is 327 g/mol. The van der Waals surface area contributed by atoms with Gasteiger partial charge in [0.25, 0.3) is 5.91 Å². The Hall–Kier alpha value is -2.54. The number of carbonyl (C=O) groups excluding carboxylic acids is 1. The molecule has 1 saturated heterocycles. The van der Waals surface area contributed by atoms with Crippen LogP contribution in [0.5, 0.6) is 0 Å². The molecule has 1 aliphatic rings. The van der Waals surface area contributed by atoms with Crippen molar-refractivity contribution in [2.24, 2.45) is 0 Å². The maximum absolute atomic E-state index is 12.1. The lowest BCUT2D eigenvalue weighted by atomic mass is 9.92. The van der Waals surface area contributed by atoms with Crippen molar-refractivity contribution < 1.29 is 9.90 Å². The van der Waals surface area contributed by atoms with Gasteiger partial charge in [0.1, 0.15) is 11.5 Å². The third-order valence-corrected chi connectivity index (χ3v) is 4.12. The molecule has 2 N–H and O–H groups in total. The number of aliphatic hydroxyl groups is 1. The normalized spacial score (nSPS) is 20.7. The second-order valence-corrected chi connectivity index (χ2v) is 6.16. The molecule has 1 aliphatic heterocycles. The molecule has 0 saturated carbocycles. The fourth-order valence-corrected chi connectivity index (χ4v) is 2.84. The smallest absolute Gasteiger partial charge is 0.271 e. The number of β-amino-alcohol motifs (C(OH)–C–C–N with tert-alkyl or cyclic N) is 1. The van der Waals surface area contributed by atoms with Gasteiger partial charge in [-0.15, -0.1) is 0 Å². The topological polar surface area (TPSA) is 91.2 Å². The van der Waals surface area contributed by atoms with Crippen molar-refractivity contribution in [3.05, 3.63) is 48.2 Å².